The molecule has 2 rings (SSSR count). The number of nitrogens with zero attached hydrogens (tertiary/aromatic N) is 1. The molecular weight excluding hydrogens is 269 g/mol. The van der Waals surface area contributed by atoms with Gasteiger partial charge >= 0.3 is 6.18 Å². The molecule has 1 aliphatic carbocycles. The van der Waals surface area contributed by atoms with Gasteiger partial charge in [0.1, 0.15) is 5.54 Å². The Morgan fingerprint density at radius 1 is 1.25 bits per heavy atom. The summed E-state index contributed by atoms with van der Waals surface area (Å²) in [6.45, 7) is 3.94. The highest BCUT2D eigenvalue weighted by Gasteiger charge is 2.70. The van der Waals surface area contributed by atoms with Crippen LogP contribution in [0.4, 0.5) is 13.2 Å². The van der Waals surface area contributed by atoms with E-state index in [1.807, 2.05) is 13.8 Å². The molecule has 0 aromatic heterocycles. The average Bonchev–Trinajstić information content (AvgIpc) is 3.10. The minimum atomic E-state index is -4.32. The lowest BCUT2D eigenvalue weighted by atomic mass is 10.1. The van der Waals surface area contributed by atoms with Gasteiger partial charge in [0.25, 0.3) is 0 Å². The second-order valence-corrected chi connectivity index (χ2v) is 5.90. The summed E-state index contributed by atoms with van der Waals surface area (Å²) >= 11 is 0. The molecule has 0 aromatic carbocycles. The number of nitrogens with one attached hydrogen (secondary N) is 1. The third-order valence-corrected chi connectivity index (χ3v) is 4.36. The smallest absolute Gasteiger partial charge is 0.311 e. The first kappa shape index (κ1) is 15.6. The Morgan fingerprint density at radius 3 is 2.35 bits per heavy atom. The minimum absolute atomic E-state index is 0.0463. The molecule has 3 nitrogen and oxygen atoms in total. The number of halogens is 3. The van der Waals surface area contributed by atoms with E-state index in [2.05, 4.69) is 5.32 Å². The van der Waals surface area contributed by atoms with Gasteiger partial charge in [0.15, 0.2) is 0 Å². The quantitative estimate of drug-likeness (QED) is 0.815. The van der Waals surface area contributed by atoms with E-state index in [9.17, 15) is 18.0 Å². The fourth-order valence-electron chi connectivity index (χ4n) is 3.09. The lowest BCUT2D eigenvalue weighted by molar-refractivity contribution is -0.202. The van der Waals surface area contributed by atoms with Gasteiger partial charge in [-0.3, -0.25) is 10.1 Å². The molecule has 2 atom stereocenters. The summed E-state index contributed by atoms with van der Waals surface area (Å²) < 4.78 is 39.9. The maximum Gasteiger partial charge on any atom is 0.411 e. The van der Waals surface area contributed by atoms with Crippen LogP contribution in [-0.4, -0.2) is 34.7 Å². The molecule has 2 aliphatic rings. The molecule has 0 spiro atoms. The van der Waals surface area contributed by atoms with Crippen molar-refractivity contribution in [2.24, 2.45) is 0 Å². The van der Waals surface area contributed by atoms with Crippen molar-refractivity contribution in [2.75, 3.05) is 0 Å². The van der Waals surface area contributed by atoms with Crippen molar-refractivity contribution in [2.45, 2.75) is 82.7 Å². The Bertz CT molecular complexity index is 366. The molecule has 0 aromatic rings. The first-order valence-electron chi connectivity index (χ1n) is 7.53. The van der Waals surface area contributed by atoms with Gasteiger partial charge in [0.05, 0.1) is 12.2 Å². The molecule has 2 unspecified atom stereocenters. The predicted octanol–water partition coefficient (Wildman–Crippen LogP) is 3.20. The number of hydrogen-bond acceptors (Lipinski definition) is 2. The average molecular weight is 292 g/mol. The number of carbonyl (C=O) groups excluding carboxylic acids is 1. The molecule has 6 heteroatoms. The van der Waals surface area contributed by atoms with Gasteiger partial charge in [-0.05, 0) is 25.7 Å². The molecule has 2 fully saturated rings. The standard InChI is InChI=1S/C14H23F3N2O/c1-3-5-7-10-12(20)19(11(18-10)6-4-2)13(8-9-13)14(15,16)17/h10-11,18H,3-9H2,1-2H3. The van der Waals surface area contributed by atoms with Crippen LogP contribution in [0.5, 0.6) is 0 Å². The van der Waals surface area contributed by atoms with E-state index >= 15 is 0 Å². The van der Waals surface area contributed by atoms with Crippen molar-refractivity contribution in [3.05, 3.63) is 0 Å². The third-order valence-electron chi connectivity index (χ3n) is 4.36. The topological polar surface area (TPSA) is 32.3 Å². The van der Waals surface area contributed by atoms with Crippen molar-refractivity contribution in [1.29, 1.82) is 0 Å². The molecule has 0 bridgehead atoms. The van der Waals surface area contributed by atoms with Crippen molar-refractivity contribution in [3.63, 3.8) is 0 Å². The molecule has 1 N–H and O–H groups in total. The van der Waals surface area contributed by atoms with E-state index in [1.54, 1.807) is 0 Å². The lowest BCUT2D eigenvalue weighted by Gasteiger charge is -2.34. The molecule has 116 valence electrons. The molecule has 1 saturated carbocycles. The SMILES string of the molecule is CCCCC1NC(CCC)N(C2(C(F)(F)F)CC2)C1=O. The van der Waals surface area contributed by atoms with Crippen LogP contribution in [0.1, 0.15) is 58.8 Å². The molecule has 1 amide bonds. The zero-order chi connectivity index (χ0) is 15.0. The van der Waals surface area contributed by atoms with Gasteiger partial charge in [-0.25, -0.2) is 0 Å². The molecule has 1 aliphatic heterocycles. The van der Waals surface area contributed by atoms with E-state index in [1.165, 1.54) is 0 Å². The largest absolute Gasteiger partial charge is 0.411 e. The van der Waals surface area contributed by atoms with E-state index in [4.69, 9.17) is 0 Å². The van der Waals surface area contributed by atoms with E-state index in [0.717, 1.165) is 24.2 Å². The summed E-state index contributed by atoms with van der Waals surface area (Å²) in [6, 6.07) is -0.439. The van der Waals surface area contributed by atoms with E-state index < -0.39 is 23.9 Å². The van der Waals surface area contributed by atoms with Crippen LogP contribution in [0.2, 0.25) is 0 Å². The van der Waals surface area contributed by atoms with Crippen LogP contribution in [0.15, 0.2) is 0 Å². The van der Waals surface area contributed by atoms with Crippen molar-refractivity contribution < 1.29 is 18.0 Å². The highest BCUT2D eigenvalue weighted by atomic mass is 19.4. The second kappa shape index (κ2) is 5.54. The van der Waals surface area contributed by atoms with Crippen LogP contribution < -0.4 is 5.32 Å². The van der Waals surface area contributed by atoms with E-state index in [0.29, 0.717) is 12.8 Å². The fraction of sp³-hybridized carbons (Fsp3) is 0.929. The number of rotatable bonds is 6. The number of amides is 1. The van der Waals surface area contributed by atoms with Gasteiger partial charge in [0.2, 0.25) is 5.91 Å². The van der Waals surface area contributed by atoms with Crippen LogP contribution >= 0.6 is 0 Å². The summed E-state index contributed by atoms with van der Waals surface area (Å²) in [5, 5.41) is 3.12. The van der Waals surface area contributed by atoms with Crippen LogP contribution in [0.3, 0.4) is 0 Å². The molecular formula is C14H23F3N2O. The van der Waals surface area contributed by atoms with Crippen LogP contribution in [0, 0.1) is 0 Å². The van der Waals surface area contributed by atoms with Crippen LogP contribution in [0.25, 0.3) is 0 Å². The maximum atomic E-state index is 13.3. The van der Waals surface area contributed by atoms with Crippen molar-refractivity contribution >= 4 is 5.91 Å². The van der Waals surface area contributed by atoms with Gasteiger partial charge in [-0.15, -0.1) is 0 Å². The molecule has 1 saturated heterocycles. The fourth-order valence-corrected chi connectivity index (χ4v) is 3.09. The maximum absolute atomic E-state index is 13.3. The zero-order valence-corrected chi connectivity index (χ0v) is 12.1. The summed E-state index contributed by atoms with van der Waals surface area (Å²) in [5.41, 5.74) is -1.89. The van der Waals surface area contributed by atoms with Gasteiger partial charge in [-0.2, -0.15) is 13.2 Å². The molecule has 0 radical (unpaired) electrons. The second-order valence-electron chi connectivity index (χ2n) is 5.90. The summed E-state index contributed by atoms with van der Waals surface area (Å²) in [7, 11) is 0. The predicted molar refractivity (Wildman–Crippen MR) is 70.0 cm³/mol. The Hall–Kier alpha value is -0.780. The van der Waals surface area contributed by atoms with Gasteiger partial charge in [-0.1, -0.05) is 33.1 Å². The summed E-state index contributed by atoms with van der Waals surface area (Å²) in [4.78, 5) is 13.5. The Morgan fingerprint density at radius 2 is 1.90 bits per heavy atom. The monoisotopic (exact) mass is 292 g/mol. The first-order valence-corrected chi connectivity index (χ1v) is 7.53. The summed E-state index contributed by atoms with van der Waals surface area (Å²) in [6.07, 6.45) is -0.935. The molecule has 20 heavy (non-hydrogen) atoms. The van der Waals surface area contributed by atoms with Crippen molar-refractivity contribution in [1.82, 2.24) is 10.2 Å². The highest BCUT2D eigenvalue weighted by Crippen LogP contribution is 2.55. The number of carbonyl (C=O) groups is 1. The molecule has 1 heterocycles. The van der Waals surface area contributed by atoms with Gasteiger partial charge < -0.3 is 4.90 Å². The van der Waals surface area contributed by atoms with Crippen molar-refractivity contribution in [3.8, 4) is 0 Å². The van der Waals surface area contributed by atoms with Crippen LogP contribution in [-0.2, 0) is 4.79 Å². The third kappa shape index (κ3) is 2.54. The zero-order valence-electron chi connectivity index (χ0n) is 12.1. The Labute approximate surface area is 117 Å². The van der Waals surface area contributed by atoms with Gasteiger partial charge in [0, 0.05) is 0 Å². The number of alkyl halides is 3. The summed E-state index contributed by atoms with van der Waals surface area (Å²) in [5.74, 6) is -0.355. The minimum Gasteiger partial charge on any atom is -0.311 e. The normalized spacial score (nSPS) is 29.1. The first-order chi connectivity index (χ1) is 9.37. The number of unbranched alkanes of at least 4 members (excludes halogenated alkanes) is 1. The number of hydrogen-bond donors (Lipinski definition) is 1. The Balaban J connectivity index is 2.18. The highest BCUT2D eigenvalue weighted by molar-refractivity contribution is 5.85. The Kier molecular flexibility index (Phi) is 4.33. The lowest BCUT2D eigenvalue weighted by Crippen LogP contribution is -2.54. The van der Waals surface area contributed by atoms with E-state index in [-0.39, 0.29) is 18.7 Å².